The van der Waals surface area contributed by atoms with E-state index in [1.807, 2.05) is 32.0 Å². The van der Waals surface area contributed by atoms with Gasteiger partial charge in [-0.05, 0) is 36.1 Å². The molecule has 0 saturated heterocycles. The second-order valence-electron chi connectivity index (χ2n) is 2.86. The monoisotopic (exact) mass is 197 g/mol. The van der Waals surface area contributed by atoms with Crippen LogP contribution in [0.15, 0.2) is 18.2 Å². The average Bonchev–Trinajstić information content (AvgIpc) is 2.08. The summed E-state index contributed by atoms with van der Waals surface area (Å²) in [4.78, 5) is 10.7. The summed E-state index contributed by atoms with van der Waals surface area (Å²) in [6.45, 7) is 3.99. The molecular formula is C10H12ClNO. The molecule has 1 rings (SSSR count). The maximum Gasteiger partial charge on any atom is 0.318 e. The molecular weight excluding hydrogens is 186 g/mol. The molecule has 0 fully saturated rings. The van der Waals surface area contributed by atoms with Crippen molar-refractivity contribution in [3.8, 4) is 0 Å². The molecule has 0 unspecified atom stereocenters. The number of nitrogens with one attached hydrogen (secondary N) is 1. The van der Waals surface area contributed by atoms with Gasteiger partial charge in [0.15, 0.2) is 0 Å². The molecule has 2 nitrogen and oxygen atoms in total. The van der Waals surface area contributed by atoms with Gasteiger partial charge in [-0.15, -0.1) is 0 Å². The van der Waals surface area contributed by atoms with Gasteiger partial charge in [0.1, 0.15) is 0 Å². The summed E-state index contributed by atoms with van der Waals surface area (Å²) in [5.41, 5.74) is 2.98. The Morgan fingerprint density at radius 3 is 2.77 bits per heavy atom. The third-order valence-corrected chi connectivity index (χ3v) is 2.06. The lowest BCUT2D eigenvalue weighted by atomic mass is 10.1. The lowest BCUT2D eigenvalue weighted by Gasteiger charge is -2.10. The molecule has 1 N–H and O–H groups in total. The van der Waals surface area contributed by atoms with E-state index in [9.17, 15) is 4.79 Å². The van der Waals surface area contributed by atoms with Gasteiger partial charge in [0.05, 0.1) is 0 Å². The van der Waals surface area contributed by atoms with E-state index in [4.69, 9.17) is 11.6 Å². The van der Waals surface area contributed by atoms with E-state index in [0.29, 0.717) is 0 Å². The Balaban J connectivity index is 3.07. The van der Waals surface area contributed by atoms with E-state index in [1.165, 1.54) is 0 Å². The Morgan fingerprint density at radius 1 is 1.54 bits per heavy atom. The fourth-order valence-corrected chi connectivity index (χ4v) is 1.39. The second kappa shape index (κ2) is 4.28. The summed E-state index contributed by atoms with van der Waals surface area (Å²) in [7, 11) is 0. The van der Waals surface area contributed by atoms with Gasteiger partial charge in [-0.25, -0.2) is 0 Å². The fraction of sp³-hybridized carbons (Fsp3) is 0.300. The number of carbonyl (C=O) groups is 1. The van der Waals surface area contributed by atoms with Crippen molar-refractivity contribution >= 4 is 22.7 Å². The van der Waals surface area contributed by atoms with Crippen molar-refractivity contribution in [2.75, 3.05) is 5.32 Å². The normalized spacial score (nSPS) is 9.77. The number of aryl methyl sites for hydroxylation is 2. The lowest BCUT2D eigenvalue weighted by Crippen LogP contribution is -2.05. The zero-order chi connectivity index (χ0) is 9.84. The van der Waals surface area contributed by atoms with Crippen molar-refractivity contribution in [1.29, 1.82) is 0 Å². The van der Waals surface area contributed by atoms with Crippen LogP contribution in [0.2, 0.25) is 0 Å². The molecule has 1 aromatic rings. The van der Waals surface area contributed by atoms with Crippen LogP contribution in [0.4, 0.5) is 10.5 Å². The molecule has 0 aromatic heterocycles. The highest BCUT2D eigenvalue weighted by atomic mass is 35.5. The fourth-order valence-electron chi connectivity index (χ4n) is 1.30. The molecule has 0 atom stereocenters. The van der Waals surface area contributed by atoms with Gasteiger partial charge >= 0.3 is 5.37 Å². The third-order valence-electron chi connectivity index (χ3n) is 1.96. The highest BCUT2D eigenvalue weighted by Gasteiger charge is 2.05. The topological polar surface area (TPSA) is 29.1 Å². The average molecular weight is 198 g/mol. The van der Waals surface area contributed by atoms with Crippen molar-refractivity contribution < 1.29 is 4.79 Å². The highest BCUT2D eigenvalue weighted by molar-refractivity contribution is 6.65. The van der Waals surface area contributed by atoms with Gasteiger partial charge in [0.25, 0.3) is 0 Å². The quantitative estimate of drug-likeness (QED) is 0.572. The zero-order valence-corrected chi connectivity index (χ0v) is 8.48. The Labute approximate surface area is 82.9 Å². The Morgan fingerprint density at radius 2 is 2.23 bits per heavy atom. The molecule has 0 aliphatic carbocycles. The molecule has 3 heteroatoms. The predicted octanol–water partition coefficient (Wildman–Crippen LogP) is 3.33. The summed E-state index contributed by atoms with van der Waals surface area (Å²) in [5, 5.41) is 2.08. The van der Waals surface area contributed by atoms with E-state index in [-0.39, 0.29) is 0 Å². The lowest BCUT2D eigenvalue weighted by molar-refractivity contribution is 0.269. The minimum atomic E-state index is -0.538. The highest BCUT2D eigenvalue weighted by Crippen LogP contribution is 2.21. The van der Waals surface area contributed by atoms with E-state index in [0.717, 1.165) is 23.2 Å². The summed E-state index contributed by atoms with van der Waals surface area (Å²) >= 11 is 5.26. The maximum atomic E-state index is 10.7. The van der Waals surface area contributed by atoms with Crippen LogP contribution in [0.25, 0.3) is 0 Å². The molecule has 70 valence electrons. The van der Waals surface area contributed by atoms with Crippen LogP contribution >= 0.6 is 11.6 Å². The van der Waals surface area contributed by atoms with E-state index >= 15 is 0 Å². The predicted molar refractivity (Wildman–Crippen MR) is 55.4 cm³/mol. The summed E-state index contributed by atoms with van der Waals surface area (Å²) in [6.07, 6.45) is 0.883. The number of rotatable bonds is 2. The van der Waals surface area contributed by atoms with Gasteiger partial charge in [-0.2, -0.15) is 0 Å². The molecule has 0 radical (unpaired) electrons. The number of amides is 1. The van der Waals surface area contributed by atoms with Gasteiger partial charge in [0.2, 0.25) is 0 Å². The van der Waals surface area contributed by atoms with Crippen molar-refractivity contribution in [3.63, 3.8) is 0 Å². The summed E-state index contributed by atoms with van der Waals surface area (Å²) in [6, 6.07) is 5.90. The van der Waals surface area contributed by atoms with Crippen LogP contribution in [0.3, 0.4) is 0 Å². The molecule has 0 aliphatic rings. The van der Waals surface area contributed by atoms with Crippen LogP contribution in [0, 0.1) is 6.92 Å². The Bertz CT molecular complexity index is 323. The van der Waals surface area contributed by atoms with Gasteiger partial charge in [0, 0.05) is 5.69 Å². The van der Waals surface area contributed by atoms with Crippen LogP contribution < -0.4 is 5.32 Å². The molecule has 0 heterocycles. The van der Waals surface area contributed by atoms with Crippen molar-refractivity contribution in [2.45, 2.75) is 20.3 Å². The standard InChI is InChI=1S/C10H12ClNO/c1-3-8-6-4-5-7(2)9(8)12-10(11)13/h4-6H,3H2,1-2H3,(H,12,13). The van der Waals surface area contributed by atoms with Crippen LogP contribution in [0.1, 0.15) is 18.1 Å². The molecule has 0 saturated carbocycles. The zero-order valence-electron chi connectivity index (χ0n) is 7.73. The number of halogens is 1. The first-order valence-electron chi connectivity index (χ1n) is 4.20. The van der Waals surface area contributed by atoms with E-state index < -0.39 is 5.37 Å². The molecule has 0 spiro atoms. The molecule has 1 aromatic carbocycles. The molecule has 0 aliphatic heterocycles. The van der Waals surface area contributed by atoms with Gasteiger partial charge < -0.3 is 5.32 Å². The second-order valence-corrected chi connectivity index (χ2v) is 3.20. The first kappa shape index (κ1) is 10.1. The number of benzene rings is 1. The first-order valence-corrected chi connectivity index (χ1v) is 4.58. The summed E-state index contributed by atoms with van der Waals surface area (Å²) in [5.74, 6) is 0. The van der Waals surface area contributed by atoms with Crippen molar-refractivity contribution in [2.24, 2.45) is 0 Å². The third kappa shape index (κ3) is 2.46. The minimum absolute atomic E-state index is 0.538. The molecule has 0 bridgehead atoms. The number of anilines is 1. The van der Waals surface area contributed by atoms with Crippen molar-refractivity contribution in [3.05, 3.63) is 29.3 Å². The van der Waals surface area contributed by atoms with Crippen molar-refractivity contribution in [1.82, 2.24) is 0 Å². The number of hydrogen-bond acceptors (Lipinski definition) is 1. The van der Waals surface area contributed by atoms with Crippen LogP contribution in [-0.2, 0) is 6.42 Å². The summed E-state index contributed by atoms with van der Waals surface area (Å²) < 4.78 is 0. The first-order chi connectivity index (χ1) is 6.15. The SMILES string of the molecule is CCc1cccc(C)c1NC(=O)Cl. The number of carbonyl (C=O) groups excluding carboxylic acids is 1. The largest absolute Gasteiger partial charge is 0.318 e. The minimum Gasteiger partial charge on any atom is -0.312 e. The molecule has 1 amide bonds. The smallest absolute Gasteiger partial charge is 0.312 e. The van der Waals surface area contributed by atoms with Gasteiger partial charge in [-0.1, -0.05) is 25.1 Å². The number of hydrogen-bond donors (Lipinski definition) is 1. The Kier molecular flexibility index (Phi) is 3.32. The van der Waals surface area contributed by atoms with E-state index in [1.54, 1.807) is 0 Å². The van der Waals surface area contributed by atoms with E-state index in [2.05, 4.69) is 5.32 Å². The Hall–Kier alpha value is -1.02. The van der Waals surface area contributed by atoms with Crippen LogP contribution in [0.5, 0.6) is 0 Å². The number of para-hydroxylation sites is 1. The van der Waals surface area contributed by atoms with Gasteiger partial charge in [-0.3, -0.25) is 4.79 Å². The maximum absolute atomic E-state index is 10.7. The van der Waals surface area contributed by atoms with Crippen LogP contribution in [-0.4, -0.2) is 5.37 Å². The molecule has 13 heavy (non-hydrogen) atoms.